The molecule has 8 heteroatoms. The third kappa shape index (κ3) is 6.20. The van der Waals surface area contributed by atoms with Crippen LogP contribution in [0.25, 0.3) is 0 Å². The van der Waals surface area contributed by atoms with Gasteiger partial charge in [0.1, 0.15) is 0 Å². The number of halogens is 1. The molecule has 0 atom stereocenters. The fourth-order valence-electron chi connectivity index (χ4n) is 1.03. The van der Waals surface area contributed by atoms with Gasteiger partial charge in [0.05, 0.1) is 13.2 Å². The Kier molecular flexibility index (Phi) is 5.88. The summed E-state index contributed by atoms with van der Waals surface area (Å²) in [5.74, 6) is 0.458. The monoisotopic (exact) mass is 260 g/mol. The van der Waals surface area contributed by atoms with E-state index in [1.165, 1.54) is 0 Å². The maximum absolute atomic E-state index is 5.63. The Morgan fingerprint density at radius 3 is 2.71 bits per heavy atom. The zero-order valence-corrected chi connectivity index (χ0v) is 10.7. The number of hydrogen-bond acceptors (Lipinski definition) is 7. The van der Waals surface area contributed by atoms with Gasteiger partial charge in [-0.05, 0) is 25.7 Å². The Bertz CT molecular complexity index is 328. The summed E-state index contributed by atoms with van der Waals surface area (Å²) < 4.78 is 5.39. The Balaban J connectivity index is 2.18. The van der Waals surface area contributed by atoms with E-state index in [2.05, 4.69) is 25.2 Å². The number of ether oxygens (including phenoxy) is 1. The van der Waals surface area contributed by atoms with Gasteiger partial charge in [0.15, 0.2) is 0 Å². The van der Waals surface area contributed by atoms with Gasteiger partial charge in [-0.25, -0.2) is 0 Å². The van der Waals surface area contributed by atoms with Crippen molar-refractivity contribution in [3.05, 3.63) is 5.28 Å². The number of nitrogens with two attached hydrogens (primary N) is 1. The van der Waals surface area contributed by atoms with Crippen LogP contribution in [0.4, 0.5) is 11.9 Å². The van der Waals surface area contributed by atoms with Gasteiger partial charge in [0.25, 0.3) is 0 Å². The molecular formula is C9H17ClN6O. The van der Waals surface area contributed by atoms with Crippen molar-refractivity contribution in [1.29, 1.82) is 0 Å². The number of likely N-dealkylation sites (N-methyl/N-ethyl adjacent to an activating group) is 1. The van der Waals surface area contributed by atoms with Crippen molar-refractivity contribution in [3.63, 3.8) is 0 Å². The van der Waals surface area contributed by atoms with Crippen molar-refractivity contribution in [2.24, 2.45) is 0 Å². The van der Waals surface area contributed by atoms with E-state index in [-0.39, 0.29) is 11.2 Å². The Morgan fingerprint density at radius 2 is 2.06 bits per heavy atom. The average Bonchev–Trinajstić information content (AvgIpc) is 2.21. The normalized spacial score (nSPS) is 10.8. The van der Waals surface area contributed by atoms with E-state index in [1.807, 2.05) is 14.1 Å². The molecule has 0 aliphatic heterocycles. The Hall–Kier alpha value is -1.18. The highest BCUT2D eigenvalue weighted by atomic mass is 35.5. The molecule has 0 spiro atoms. The number of aromatic nitrogens is 3. The molecule has 1 rings (SSSR count). The van der Waals surface area contributed by atoms with Crippen molar-refractivity contribution < 1.29 is 4.74 Å². The fraction of sp³-hybridized carbons (Fsp3) is 0.667. The number of hydrogen-bond donors (Lipinski definition) is 2. The van der Waals surface area contributed by atoms with Crippen molar-refractivity contribution in [3.8, 4) is 0 Å². The van der Waals surface area contributed by atoms with Gasteiger partial charge < -0.3 is 20.7 Å². The molecule has 0 radical (unpaired) electrons. The first kappa shape index (κ1) is 13.9. The number of rotatable bonds is 7. The van der Waals surface area contributed by atoms with E-state index in [0.29, 0.717) is 25.7 Å². The topological polar surface area (TPSA) is 89.2 Å². The molecule has 0 saturated heterocycles. The molecule has 17 heavy (non-hydrogen) atoms. The van der Waals surface area contributed by atoms with Gasteiger partial charge in [-0.2, -0.15) is 15.0 Å². The van der Waals surface area contributed by atoms with Crippen LogP contribution in [0.3, 0.4) is 0 Å². The summed E-state index contributed by atoms with van der Waals surface area (Å²) in [5.41, 5.74) is 5.42. The van der Waals surface area contributed by atoms with Crippen LogP contribution in [0.2, 0.25) is 5.28 Å². The van der Waals surface area contributed by atoms with Gasteiger partial charge >= 0.3 is 0 Å². The van der Waals surface area contributed by atoms with Gasteiger partial charge in [0, 0.05) is 13.1 Å². The van der Waals surface area contributed by atoms with Crippen LogP contribution in [-0.2, 0) is 4.74 Å². The van der Waals surface area contributed by atoms with Crippen LogP contribution < -0.4 is 11.1 Å². The van der Waals surface area contributed by atoms with Crippen LogP contribution in [-0.4, -0.2) is 60.3 Å². The molecule has 7 nitrogen and oxygen atoms in total. The third-order valence-electron chi connectivity index (χ3n) is 1.84. The Morgan fingerprint density at radius 1 is 1.29 bits per heavy atom. The standard InChI is InChI=1S/C9H17ClN6O/c1-16(2)4-6-17-5-3-12-9-14-7(10)13-8(11)15-9/h3-6H2,1-2H3,(H3,11,12,13,14,15). The smallest absolute Gasteiger partial charge is 0.228 e. The third-order valence-corrected chi connectivity index (χ3v) is 2.01. The molecule has 0 aliphatic carbocycles. The minimum absolute atomic E-state index is 0.0773. The molecular weight excluding hydrogens is 244 g/mol. The number of nitrogens with zero attached hydrogens (tertiary/aromatic N) is 4. The van der Waals surface area contributed by atoms with Gasteiger partial charge in [-0.1, -0.05) is 0 Å². The zero-order chi connectivity index (χ0) is 12.7. The maximum Gasteiger partial charge on any atom is 0.228 e. The molecule has 1 aromatic heterocycles. The molecule has 3 N–H and O–H groups in total. The summed E-state index contributed by atoms with van der Waals surface area (Å²) in [7, 11) is 3.99. The van der Waals surface area contributed by atoms with Gasteiger partial charge in [-0.3, -0.25) is 0 Å². The van der Waals surface area contributed by atoms with Crippen LogP contribution in [0.15, 0.2) is 0 Å². The van der Waals surface area contributed by atoms with Crippen molar-refractivity contribution in [2.45, 2.75) is 0 Å². The summed E-state index contributed by atoms with van der Waals surface area (Å²) >= 11 is 5.63. The lowest BCUT2D eigenvalue weighted by molar-refractivity contribution is 0.126. The quantitative estimate of drug-likeness (QED) is 0.672. The van der Waals surface area contributed by atoms with Crippen molar-refractivity contribution in [1.82, 2.24) is 19.9 Å². The molecule has 1 heterocycles. The summed E-state index contributed by atoms with van der Waals surface area (Å²) in [5, 5.41) is 3.03. The van der Waals surface area contributed by atoms with Gasteiger partial charge in [0.2, 0.25) is 17.2 Å². The molecule has 0 amide bonds. The molecule has 0 bridgehead atoms. The van der Waals surface area contributed by atoms with Crippen LogP contribution in [0, 0.1) is 0 Å². The highest BCUT2D eigenvalue weighted by Crippen LogP contribution is 2.05. The maximum atomic E-state index is 5.63. The minimum Gasteiger partial charge on any atom is -0.378 e. The lowest BCUT2D eigenvalue weighted by Crippen LogP contribution is -2.20. The largest absolute Gasteiger partial charge is 0.378 e. The predicted molar refractivity (Wildman–Crippen MR) is 67.1 cm³/mol. The summed E-state index contributed by atoms with van der Waals surface area (Å²) in [6, 6.07) is 0. The number of anilines is 2. The first-order chi connectivity index (χ1) is 8.08. The lowest BCUT2D eigenvalue weighted by atomic mass is 10.6. The van der Waals surface area contributed by atoms with Crippen LogP contribution >= 0.6 is 11.6 Å². The molecule has 0 unspecified atom stereocenters. The minimum atomic E-state index is 0.0773. The number of nitrogen functional groups attached to an aromatic ring is 1. The Labute approximate surface area is 105 Å². The van der Waals surface area contributed by atoms with Gasteiger partial charge in [-0.15, -0.1) is 0 Å². The summed E-state index contributed by atoms with van der Waals surface area (Å²) in [6.07, 6.45) is 0. The van der Waals surface area contributed by atoms with E-state index in [9.17, 15) is 0 Å². The lowest BCUT2D eigenvalue weighted by Gasteiger charge is -2.10. The fourth-order valence-corrected chi connectivity index (χ4v) is 1.20. The highest BCUT2D eigenvalue weighted by Gasteiger charge is 2.01. The predicted octanol–water partition coefficient (Wildman–Crippen LogP) is 0.0973. The first-order valence-corrected chi connectivity index (χ1v) is 5.59. The highest BCUT2D eigenvalue weighted by molar-refractivity contribution is 6.28. The van der Waals surface area contributed by atoms with E-state index < -0.39 is 0 Å². The molecule has 96 valence electrons. The second-order valence-corrected chi connectivity index (χ2v) is 3.97. The van der Waals surface area contributed by atoms with Crippen molar-refractivity contribution >= 4 is 23.5 Å². The zero-order valence-electron chi connectivity index (χ0n) is 9.98. The molecule has 1 aromatic rings. The van der Waals surface area contributed by atoms with Crippen LogP contribution in [0.5, 0.6) is 0 Å². The average molecular weight is 261 g/mol. The molecule has 0 aromatic carbocycles. The molecule has 0 fully saturated rings. The van der Waals surface area contributed by atoms with E-state index in [1.54, 1.807) is 0 Å². The summed E-state index contributed by atoms with van der Waals surface area (Å²) in [4.78, 5) is 13.5. The SMILES string of the molecule is CN(C)CCOCCNc1nc(N)nc(Cl)n1. The second-order valence-electron chi connectivity index (χ2n) is 3.63. The molecule has 0 saturated carbocycles. The molecule has 0 aliphatic rings. The second kappa shape index (κ2) is 7.21. The first-order valence-electron chi connectivity index (χ1n) is 5.21. The van der Waals surface area contributed by atoms with Crippen LogP contribution in [0.1, 0.15) is 0 Å². The summed E-state index contributed by atoms with van der Waals surface area (Å²) in [6.45, 7) is 2.74. The van der Waals surface area contributed by atoms with E-state index in [4.69, 9.17) is 22.1 Å². The van der Waals surface area contributed by atoms with E-state index >= 15 is 0 Å². The van der Waals surface area contributed by atoms with Crippen molar-refractivity contribution in [2.75, 3.05) is 51.4 Å². The number of nitrogens with one attached hydrogen (secondary N) is 1. The van der Waals surface area contributed by atoms with E-state index in [0.717, 1.165) is 6.54 Å².